The highest BCUT2D eigenvalue weighted by atomic mass is 16.3. The minimum atomic E-state index is 0.0428. The molecule has 10 heavy (non-hydrogen) atoms. The number of rotatable bonds is 2. The molecule has 52 valence electrons. The zero-order chi connectivity index (χ0) is 7.40. The van der Waals surface area contributed by atoms with Gasteiger partial charge in [0.15, 0.2) is 5.78 Å². The molecule has 0 bridgehead atoms. The summed E-state index contributed by atoms with van der Waals surface area (Å²) in [5, 5.41) is 0. The molecule has 2 heteroatoms. The van der Waals surface area contributed by atoms with Crippen molar-refractivity contribution in [2.24, 2.45) is 0 Å². The van der Waals surface area contributed by atoms with Crippen molar-refractivity contribution in [1.29, 1.82) is 0 Å². The maximum absolute atomic E-state index is 10.4. The number of ketones is 1. The second-order valence-electron chi connectivity index (χ2n) is 2.00. The molecule has 0 amide bonds. The smallest absolute Gasteiger partial charge is 0.152 e. The van der Waals surface area contributed by atoms with Gasteiger partial charge in [-0.25, -0.2) is 0 Å². The predicted octanol–water partition coefficient (Wildman–Crippen LogP) is 1.88. The van der Waals surface area contributed by atoms with Gasteiger partial charge in [0, 0.05) is 5.56 Å². The van der Waals surface area contributed by atoms with E-state index in [0.717, 1.165) is 5.56 Å². The maximum atomic E-state index is 10.4. The molecule has 2 nitrogen and oxygen atoms in total. The van der Waals surface area contributed by atoms with Crippen LogP contribution in [0.4, 0.5) is 0 Å². The Kier molecular flexibility index (Phi) is 2.05. The summed E-state index contributed by atoms with van der Waals surface area (Å²) in [4.78, 5) is 10.4. The van der Waals surface area contributed by atoms with E-state index in [1.165, 1.54) is 13.0 Å². The molecule has 1 aromatic rings. The minimum Gasteiger partial charge on any atom is -0.472 e. The zero-order valence-corrected chi connectivity index (χ0v) is 5.70. The van der Waals surface area contributed by atoms with E-state index in [2.05, 4.69) is 0 Å². The molecule has 0 aromatic carbocycles. The monoisotopic (exact) mass is 136 g/mol. The summed E-state index contributed by atoms with van der Waals surface area (Å²) < 4.78 is 4.78. The van der Waals surface area contributed by atoms with Gasteiger partial charge in [-0.05, 0) is 25.1 Å². The van der Waals surface area contributed by atoms with E-state index in [9.17, 15) is 4.79 Å². The first-order valence-electron chi connectivity index (χ1n) is 3.00. The normalized spacial score (nSPS) is 10.5. The number of furan rings is 1. The minimum absolute atomic E-state index is 0.0428. The fourth-order valence-electron chi connectivity index (χ4n) is 0.583. The SMILES string of the molecule is CC(=O)/C=C/c1ccoc1. The fraction of sp³-hybridized carbons (Fsp3) is 0.125. The van der Waals surface area contributed by atoms with E-state index in [4.69, 9.17) is 4.42 Å². The molecule has 1 heterocycles. The van der Waals surface area contributed by atoms with Gasteiger partial charge in [-0.3, -0.25) is 4.79 Å². The Bertz CT molecular complexity index is 232. The summed E-state index contributed by atoms with van der Waals surface area (Å²) in [5.41, 5.74) is 0.912. The Hall–Kier alpha value is -1.31. The molecule has 0 saturated carbocycles. The van der Waals surface area contributed by atoms with Crippen molar-refractivity contribution in [3.8, 4) is 0 Å². The van der Waals surface area contributed by atoms with Crippen LogP contribution in [0.5, 0.6) is 0 Å². The van der Waals surface area contributed by atoms with Crippen molar-refractivity contribution >= 4 is 11.9 Å². The van der Waals surface area contributed by atoms with Gasteiger partial charge < -0.3 is 4.42 Å². The van der Waals surface area contributed by atoms with Gasteiger partial charge in [-0.2, -0.15) is 0 Å². The number of carbonyl (C=O) groups excluding carboxylic acids is 1. The van der Waals surface area contributed by atoms with E-state index in [0.29, 0.717) is 0 Å². The van der Waals surface area contributed by atoms with Crippen LogP contribution >= 0.6 is 0 Å². The van der Waals surface area contributed by atoms with Crippen LogP contribution < -0.4 is 0 Å². The summed E-state index contributed by atoms with van der Waals surface area (Å²) in [6, 6.07) is 1.79. The predicted molar refractivity (Wildman–Crippen MR) is 38.4 cm³/mol. The van der Waals surface area contributed by atoms with Crippen LogP contribution in [-0.4, -0.2) is 5.78 Å². The lowest BCUT2D eigenvalue weighted by Gasteiger charge is -1.78. The number of hydrogen-bond acceptors (Lipinski definition) is 2. The van der Waals surface area contributed by atoms with E-state index < -0.39 is 0 Å². The van der Waals surface area contributed by atoms with Crippen LogP contribution in [0, 0.1) is 0 Å². The highest BCUT2D eigenvalue weighted by Gasteiger charge is 1.86. The lowest BCUT2D eigenvalue weighted by atomic mass is 10.3. The second kappa shape index (κ2) is 3.01. The third kappa shape index (κ3) is 1.90. The highest BCUT2D eigenvalue weighted by Crippen LogP contribution is 2.01. The lowest BCUT2D eigenvalue weighted by Crippen LogP contribution is -1.77. The largest absolute Gasteiger partial charge is 0.472 e. The van der Waals surface area contributed by atoms with Crippen molar-refractivity contribution in [3.05, 3.63) is 30.2 Å². The Morgan fingerprint density at radius 2 is 2.50 bits per heavy atom. The van der Waals surface area contributed by atoms with E-state index in [-0.39, 0.29) is 5.78 Å². The van der Waals surface area contributed by atoms with E-state index >= 15 is 0 Å². The molecule has 0 atom stereocenters. The van der Waals surface area contributed by atoms with Crippen molar-refractivity contribution in [2.45, 2.75) is 6.92 Å². The van der Waals surface area contributed by atoms with Gasteiger partial charge in [0.25, 0.3) is 0 Å². The quantitative estimate of drug-likeness (QED) is 0.581. The molecule has 0 radical (unpaired) electrons. The van der Waals surface area contributed by atoms with Crippen molar-refractivity contribution < 1.29 is 9.21 Å². The fourth-order valence-corrected chi connectivity index (χ4v) is 0.583. The summed E-state index contributed by atoms with van der Waals surface area (Å²) in [7, 11) is 0. The molecule has 1 aromatic heterocycles. The summed E-state index contributed by atoms with van der Waals surface area (Å²) in [5.74, 6) is 0.0428. The van der Waals surface area contributed by atoms with Crippen molar-refractivity contribution in [2.75, 3.05) is 0 Å². The van der Waals surface area contributed by atoms with Gasteiger partial charge in [0.2, 0.25) is 0 Å². The molecule has 0 N–H and O–H groups in total. The van der Waals surface area contributed by atoms with Crippen molar-refractivity contribution in [3.63, 3.8) is 0 Å². The van der Waals surface area contributed by atoms with Gasteiger partial charge in [0.05, 0.1) is 12.5 Å². The molecule has 0 unspecified atom stereocenters. The van der Waals surface area contributed by atoms with Crippen LogP contribution in [0.2, 0.25) is 0 Å². The van der Waals surface area contributed by atoms with Crippen LogP contribution in [-0.2, 0) is 4.79 Å². The summed E-state index contributed by atoms with van der Waals surface area (Å²) in [6.07, 6.45) is 6.37. The van der Waals surface area contributed by atoms with Gasteiger partial charge >= 0.3 is 0 Å². The number of hydrogen-bond donors (Lipinski definition) is 0. The van der Waals surface area contributed by atoms with Crippen LogP contribution in [0.3, 0.4) is 0 Å². The van der Waals surface area contributed by atoms with Gasteiger partial charge in [-0.1, -0.05) is 0 Å². The summed E-state index contributed by atoms with van der Waals surface area (Å²) in [6.45, 7) is 1.51. The first-order valence-corrected chi connectivity index (χ1v) is 3.00. The third-order valence-electron chi connectivity index (χ3n) is 1.05. The number of carbonyl (C=O) groups is 1. The van der Waals surface area contributed by atoms with Crippen LogP contribution in [0.15, 0.2) is 29.1 Å². The number of allylic oxidation sites excluding steroid dienone is 1. The third-order valence-corrected chi connectivity index (χ3v) is 1.05. The standard InChI is InChI=1S/C8H8O2/c1-7(9)2-3-8-4-5-10-6-8/h2-6H,1H3/b3-2+. The molecule has 0 aliphatic rings. The molecule has 0 aliphatic heterocycles. The highest BCUT2D eigenvalue weighted by molar-refractivity contribution is 5.91. The topological polar surface area (TPSA) is 30.2 Å². The molecular weight excluding hydrogens is 128 g/mol. The first-order chi connectivity index (χ1) is 4.79. The van der Waals surface area contributed by atoms with Crippen LogP contribution in [0.25, 0.3) is 6.08 Å². The molecule has 0 fully saturated rings. The second-order valence-corrected chi connectivity index (χ2v) is 2.00. The Labute approximate surface area is 59.2 Å². The zero-order valence-electron chi connectivity index (χ0n) is 5.70. The molecule has 1 rings (SSSR count). The molecule has 0 spiro atoms. The van der Waals surface area contributed by atoms with Gasteiger partial charge in [-0.15, -0.1) is 0 Å². The van der Waals surface area contributed by atoms with E-state index in [1.807, 2.05) is 0 Å². The Morgan fingerprint density at radius 1 is 1.70 bits per heavy atom. The first kappa shape index (κ1) is 6.81. The average molecular weight is 136 g/mol. The summed E-state index contributed by atoms with van der Waals surface area (Å²) >= 11 is 0. The molecule has 0 aliphatic carbocycles. The average Bonchev–Trinajstić information content (AvgIpc) is 2.34. The van der Waals surface area contributed by atoms with Gasteiger partial charge in [0.1, 0.15) is 0 Å². The van der Waals surface area contributed by atoms with Crippen LogP contribution in [0.1, 0.15) is 12.5 Å². The molecular formula is C8H8O2. The maximum Gasteiger partial charge on any atom is 0.152 e. The lowest BCUT2D eigenvalue weighted by molar-refractivity contribution is -0.112. The van der Waals surface area contributed by atoms with E-state index in [1.54, 1.807) is 24.7 Å². The Balaban J connectivity index is 2.64. The Morgan fingerprint density at radius 3 is 3.00 bits per heavy atom. The van der Waals surface area contributed by atoms with Crippen molar-refractivity contribution in [1.82, 2.24) is 0 Å². The molecule has 0 saturated heterocycles.